The lowest BCUT2D eigenvalue weighted by Gasteiger charge is -2.09. The van der Waals surface area contributed by atoms with Gasteiger partial charge in [0.25, 0.3) is 5.91 Å². The van der Waals surface area contributed by atoms with Crippen molar-refractivity contribution in [3.8, 4) is 0 Å². The molecule has 0 spiro atoms. The maximum atomic E-state index is 11.9. The Morgan fingerprint density at radius 1 is 1.04 bits per heavy atom. The first kappa shape index (κ1) is 17.7. The Morgan fingerprint density at radius 3 is 2.21 bits per heavy atom. The molecule has 0 bridgehead atoms. The van der Waals surface area contributed by atoms with Gasteiger partial charge in [-0.2, -0.15) is 0 Å². The van der Waals surface area contributed by atoms with E-state index in [1.165, 1.54) is 5.56 Å². The van der Waals surface area contributed by atoms with Crippen LogP contribution >= 0.6 is 0 Å². The van der Waals surface area contributed by atoms with E-state index in [0.717, 1.165) is 0 Å². The maximum Gasteiger partial charge on any atom is 0.338 e. The molecule has 0 aliphatic carbocycles. The molecular weight excluding hydrogens is 306 g/mol. The zero-order valence-corrected chi connectivity index (χ0v) is 13.8. The van der Waals surface area contributed by atoms with E-state index in [1.807, 2.05) is 24.3 Å². The number of anilines is 1. The minimum atomic E-state index is -0.579. The molecule has 126 valence electrons. The number of hydrogen-bond donors (Lipinski definition) is 2. The van der Waals surface area contributed by atoms with Gasteiger partial charge in [-0.3, -0.25) is 4.79 Å². The first-order valence-corrected chi connectivity index (χ1v) is 7.76. The van der Waals surface area contributed by atoms with Crippen LogP contribution in [0.5, 0.6) is 0 Å². The number of aliphatic hydroxyl groups excluding tert-OH is 1. The van der Waals surface area contributed by atoms with Crippen molar-refractivity contribution in [3.05, 3.63) is 65.2 Å². The molecule has 0 aliphatic rings. The smallest absolute Gasteiger partial charge is 0.338 e. The molecule has 0 saturated carbocycles. The van der Waals surface area contributed by atoms with Gasteiger partial charge in [-0.1, -0.05) is 38.1 Å². The van der Waals surface area contributed by atoms with Crippen LogP contribution in [-0.4, -0.2) is 23.6 Å². The van der Waals surface area contributed by atoms with Crippen molar-refractivity contribution < 1.29 is 19.4 Å². The molecule has 5 heteroatoms. The number of nitrogens with one attached hydrogen (secondary N) is 1. The highest BCUT2D eigenvalue weighted by atomic mass is 16.5. The van der Waals surface area contributed by atoms with Gasteiger partial charge in [-0.25, -0.2) is 4.79 Å². The van der Waals surface area contributed by atoms with Crippen molar-refractivity contribution >= 4 is 17.6 Å². The summed E-state index contributed by atoms with van der Waals surface area (Å²) in [6, 6.07) is 13.9. The molecule has 0 fully saturated rings. The fraction of sp³-hybridized carbons (Fsp3) is 0.263. The number of carbonyl (C=O) groups is 2. The van der Waals surface area contributed by atoms with Gasteiger partial charge in [0, 0.05) is 5.69 Å². The van der Waals surface area contributed by atoms with Crippen LogP contribution in [0.4, 0.5) is 5.69 Å². The second kappa shape index (κ2) is 8.26. The molecule has 2 rings (SSSR count). The number of carbonyl (C=O) groups excluding carboxylic acids is 2. The molecule has 0 heterocycles. The number of amides is 1. The second-order valence-corrected chi connectivity index (χ2v) is 5.76. The highest BCUT2D eigenvalue weighted by Gasteiger charge is 2.10. The molecule has 0 saturated heterocycles. The molecule has 0 aliphatic heterocycles. The molecule has 2 aromatic rings. The zero-order valence-electron chi connectivity index (χ0n) is 13.8. The molecule has 0 unspecified atom stereocenters. The summed E-state index contributed by atoms with van der Waals surface area (Å²) >= 11 is 0. The lowest BCUT2D eigenvalue weighted by Crippen LogP contribution is -2.20. The minimum absolute atomic E-state index is 0.0899. The van der Waals surface area contributed by atoms with Crippen LogP contribution < -0.4 is 5.32 Å². The van der Waals surface area contributed by atoms with Gasteiger partial charge in [0.15, 0.2) is 6.61 Å². The fourth-order valence-corrected chi connectivity index (χ4v) is 2.11. The van der Waals surface area contributed by atoms with Crippen LogP contribution in [-0.2, 0) is 16.1 Å². The summed E-state index contributed by atoms with van der Waals surface area (Å²) in [7, 11) is 0. The highest BCUT2D eigenvalue weighted by Crippen LogP contribution is 2.17. The van der Waals surface area contributed by atoms with Crippen LogP contribution in [0.15, 0.2) is 48.5 Å². The van der Waals surface area contributed by atoms with Gasteiger partial charge < -0.3 is 15.2 Å². The molecule has 5 nitrogen and oxygen atoms in total. The van der Waals surface area contributed by atoms with E-state index >= 15 is 0 Å². The second-order valence-electron chi connectivity index (χ2n) is 5.76. The number of esters is 1. The normalized spacial score (nSPS) is 10.5. The van der Waals surface area contributed by atoms with Gasteiger partial charge >= 0.3 is 5.97 Å². The number of hydrogen-bond acceptors (Lipinski definition) is 4. The molecule has 1 amide bonds. The Balaban J connectivity index is 1.84. The molecule has 0 radical (unpaired) electrons. The Hall–Kier alpha value is -2.66. The number of aliphatic hydroxyl groups is 1. The Kier molecular flexibility index (Phi) is 6.09. The van der Waals surface area contributed by atoms with Crippen molar-refractivity contribution in [1.82, 2.24) is 0 Å². The summed E-state index contributed by atoms with van der Waals surface area (Å²) in [4.78, 5) is 23.7. The van der Waals surface area contributed by atoms with E-state index in [-0.39, 0.29) is 13.2 Å². The van der Waals surface area contributed by atoms with Crippen LogP contribution in [0.1, 0.15) is 41.3 Å². The first-order chi connectivity index (χ1) is 11.5. The van der Waals surface area contributed by atoms with Crippen molar-refractivity contribution in [3.63, 3.8) is 0 Å². The molecule has 0 aromatic heterocycles. The average molecular weight is 327 g/mol. The first-order valence-electron chi connectivity index (χ1n) is 7.76. The predicted octanol–water partition coefficient (Wildman–Crippen LogP) is 3.10. The predicted molar refractivity (Wildman–Crippen MR) is 91.8 cm³/mol. The van der Waals surface area contributed by atoms with Crippen molar-refractivity contribution in [1.29, 1.82) is 0 Å². The molecule has 2 aromatic carbocycles. The Labute approximate surface area is 141 Å². The molecule has 2 N–H and O–H groups in total. The third-order valence-electron chi connectivity index (χ3n) is 3.57. The van der Waals surface area contributed by atoms with E-state index in [0.29, 0.717) is 22.7 Å². The molecule has 0 atom stereocenters. The van der Waals surface area contributed by atoms with Gasteiger partial charge in [-0.05, 0) is 41.3 Å². The summed E-state index contributed by atoms with van der Waals surface area (Å²) in [5.41, 5.74) is 2.88. The summed E-state index contributed by atoms with van der Waals surface area (Å²) in [6.45, 7) is 3.75. The van der Waals surface area contributed by atoms with Crippen molar-refractivity contribution in [2.45, 2.75) is 26.4 Å². The third kappa shape index (κ3) is 4.93. The van der Waals surface area contributed by atoms with Crippen LogP contribution in [0.2, 0.25) is 0 Å². The van der Waals surface area contributed by atoms with E-state index in [9.17, 15) is 9.59 Å². The largest absolute Gasteiger partial charge is 0.452 e. The number of rotatable bonds is 6. The van der Waals surface area contributed by atoms with E-state index in [1.54, 1.807) is 24.3 Å². The van der Waals surface area contributed by atoms with Gasteiger partial charge in [-0.15, -0.1) is 0 Å². The van der Waals surface area contributed by atoms with Gasteiger partial charge in [0.05, 0.1) is 12.2 Å². The molecular formula is C19H21NO4. The lowest BCUT2D eigenvalue weighted by molar-refractivity contribution is -0.119. The number of ether oxygens (including phenoxy) is 1. The van der Waals surface area contributed by atoms with Crippen LogP contribution in [0, 0.1) is 0 Å². The standard InChI is InChI=1S/C19H21NO4/c1-13(2)15-7-9-17(10-8-15)20-18(22)12-24-19(23)16-5-3-14(11-21)4-6-16/h3-10,13,21H,11-12H2,1-2H3,(H,20,22). The number of benzene rings is 2. The highest BCUT2D eigenvalue weighted by molar-refractivity contribution is 5.95. The van der Waals surface area contributed by atoms with Crippen LogP contribution in [0.25, 0.3) is 0 Å². The summed E-state index contributed by atoms with van der Waals surface area (Å²) in [5.74, 6) is -0.551. The van der Waals surface area contributed by atoms with E-state index in [4.69, 9.17) is 9.84 Å². The quantitative estimate of drug-likeness (QED) is 0.800. The van der Waals surface area contributed by atoms with E-state index < -0.39 is 11.9 Å². The summed E-state index contributed by atoms with van der Waals surface area (Å²) in [6.07, 6.45) is 0. The third-order valence-corrected chi connectivity index (χ3v) is 3.57. The van der Waals surface area contributed by atoms with Crippen LogP contribution in [0.3, 0.4) is 0 Å². The van der Waals surface area contributed by atoms with E-state index in [2.05, 4.69) is 19.2 Å². The van der Waals surface area contributed by atoms with Crippen molar-refractivity contribution in [2.75, 3.05) is 11.9 Å². The summed E-state index contributed by atoms with van der Waals surface area (Å²) < 4.78 is 4.98. The topological polar surface area (TPSA) is 75.6 Å². The lowest BCUT2D eigenvalue weighted by atomic mass is 10.0. The zero-order chi connectivity index (χ0) is 17.5. The Morgan fingerprint density at radius 2 is 1.67 bits per heavy atom. The van der Waals surface area contributed by atoms with Gasteiger partial charge in [0.2, 0.25) is 0 Å². The van der Waals surface area contributed by atoms with Crippen molar-refractivity contribution in [2.24, 2.45) is 0 Å². The SMILES string of the molecule is CC(C)c1ccc(NC(=O)COC(=O)c2ccc(CO)cc2)cc1. The monoisotopic (exact) mass is 327 g/mol. The van der Waals surface area contributed by atoms with Gasteiger partial charge in [0.1, 0.15) is 0 Å². The fourth-order valence-electron chi connectivity index (χ4n) is 2.11. The minimum Gasteiger partial charge on any atom is -0.452 e. The summed E-state index contributed by atoms with van der Waals surface area (Å²) in [5, 5.41) is 11.6. The molecule has 24 heavy (non-hydrogen) atoms. The Bertz CT molecular complexity index is 690. The average Bonchev–Trinajstić information content (AvgIpc) is 2.60. The maximum absolute atomic E-state index is 11.9.